The predicted molar refractivity (Wildman–Crippen MR) is 74.2 cm³/mol. The topological polar surface area (TPSA) is 84.2 Å². The van der Waals surface area contributed by atoms with E-state index < -0.39 is 5.54 Å². The second-order valence-electron chi connectivity index (χ2n) is 4.74. The van der Waals surface area contributed by atoms with Crippen molar-refractivity contribution in [3.05, 3.63) is 28.8 Å². The number of halogens is 1. The van der Waals surface area contributed by atoms with Crippen LogP contribution in [0.2, 0.25) is 5.02 Å². The van der Waals surface area contributed by atoms with Crippen LogP contribution in [0.1, 0.15) is 29.6 Å². The summed E-state index contributed by atoms with van der Waals surface area (Å²) in [6.45, 7) is 0. The molecule has 6 heteroatoms. The van der Waals surface area contributed by atoms with Crippen molar-refractivity contribution in [3.8, 4) is 0 Å². The lowest BCUT2D eigenvalue weighted by Gasteiger charge is -2.36. The van der Waals surface area contributed by atoms with Crippen molar-refractivity contribution in [2.24, 2.45) is 5.73 Å². The summed E-state index contributed by atoms with van der Waals surface area (Å²) in [5, 5.41) is 5.56. The smallest absolute Gasteiger partial charge is 0.252 e. The summed E-state index contributed by atoms with van der Waals surface area (Å²) in [4.78, 5) is 23.6. The summed E-state index contributed by atoms with van der Waals surface area (Å²) >= 11 is 5.94. The van der Waals surface area contributed by atoms with Crippen LogP contribution in [0.25, 0.3) is 0 Å². The number of nitrogens with two attached hydrogens (primary N) is 1. The molecular formula is C13H16ClN3O2. The van der Waals surface area contributed by atoms with Crippen LogP contribution in [0.3, 0.4) is 0 Å². The van der Waals surface area contributed by atoms with Gasteiger partial charge in [-0.3, -0.25) is 9.59 Å². The lowest BCUT2D eigenvalue weighted by atomic mass is 9.77. The maximum absolute atomic E-state index is 12.0. The van der Waals surface area contributed by atoms with Gasteiger partial charge in [-0.2, -0.15) is 0 Å². The van der Waals surface area contributed by atoms with E-state index in [1.54, 1.807) is 18.2 Å². The maximum atomic E-state index is 12.0. The van der Waals surface area contributed by atoms with Gasteiger partial charge < -0.3 is 16.4 Å². The van der Waals surface area contributed by atoms with Crippen molar-refractivity contribution in [2.75, 3.05) is 12.4 Å². The zero-order valence-corrected chi connectivity index (χ0v) is 11.4. The summed E-state index contributed by atoms with van der Waals surface area (Å²) in [6, 6.07) is 4.77. The SMILES string of the molecule is CNC(=O)c1cc(NC(=O)C2(N)CCC2)ccc1Cl. The lowest BCUT2D eigenvalue weighted by Crippen LogP contribution is -2.56. The van der Waals surface area contributed by atoms with Gasteiger partial charge in [0.05, 0.1) is 16.1 Å². The highest BCUT2D eigenvalue weighted by atomic mass is 35.5. The molecule has 0 aromatic heterocycles. The van der Waals surface area contributed by atoms with Crippen LogP contribution >= 0.6 is 11.6 Å². The first-order valence-electron chi connectivity index (χ1n) is 6.08. The number of carbonyl (C=O) groups is 2. The Kier molecular flexibility index (Phi) is 3.78. The van der Waals surface area contributed by atoms with E-state index in [1.807, 2.05) is 0 Å². The van der Waals surface area contributed by atoms with Gasteiger partial charge in [0.1, 0.15) is 0 Å². The number of rotatable bonds is 3. The minimum atomic E-state index is -0.771. The molecule has 1 aliphatic rings. The quantitative estimate of drug-likeness (QED) is 0.785. The first-order chi connectivity index (χ1) is 8.96. The molecule has 0 atom stereocenters. The van der Waals surface area contributed by atoms with E-state index in [1.165, 1.54) is 7.05 Å². The van der Waals surface area contributed by atoms with E-state index in [-0.39, 0.29) is 11.8 Å². The van der Waals surface area contributed by atoms with Gasteiger partial charge in [-0.1, -0.05) is 11.6 Å². The van der Waals surface area contributed by atoms with Crippen molar-refractivity contribution >= 4 is 29.1 Å². The van der Waals surface area contributed by atoms with Crippen LogP contribution in [0.15, 0.2) is 18.2 Å². The molecule has 2 rings (SSSR count). The fourth-order valence-electron chi connectivity index (χ4n) is 1.95. The minimum Gasteiger partial charge on any atom is -0.355 e. The molecule has 0 spiro atoms. The summed E-state index contributed by atoms with van der Waals surface area (Å²) in [5.41, 5.74) is 6.00. The van der Waals surface area contributed by atoms with E-state index in [9.17, 15) is 9.59 Å². The van der Waals surface area contributed by atoms with Crippen molar-refractivity contribution in [1.82, 2.24) is 5.32 Å². The summed E-state index contributed by atoms with van der Waals surface area (Å²) in [7, 11) is 1.52. The molecule has 0 heterocycles. The number of nitrogens with one attached hydrogen (secondary N) is 2. The van der Waals surface area contributed by atoms with Crippen molar-refractivity contribution in [3.63, 3.8) is 0 Å². The van der Waals surface area contributed by atoms with Gasteiger partial charge in [0, 0.05) is 12.7 Å². The molecule has 102 valence electrons. The number of hydrogen-bond donors (Lipinski definition) is 3. The Labute approximate surface area is 116 Å². The Balaban J connectivity index is 2.17. The highest BCUT2D eigenvalue weighted by Gasteiger charge is 2.40. The van der Waals surface area contributed by atoms with E-state index in [0.717, 1.165) is 6.42 Å². The maximum Gasteiger partial charge on any atom is 0.252 e. The number of hydrogen-bond acceptors (Lipinski definition) is 3. The normalized spacial score (nSPS) is 16.4. The highest BCUT2D eigenvalue weighted by Crippen LogP contribution is 2.30. The summed E-state index contributed by atoms with van der Waals surface area (Å²) in [5.74, 6) is -0.517. The van der Waals surface area contributed by atoms with E-state index >= 15 is 0 Å². The molecule has 0 radical (unpaired) electrons. The third kappa shape index (κ3) is 2.72. The number of amides is 2. The largest absolute Gasteiger partial charge is 0.355 e. The molecule has 19 heavy (non-hydrogen) atoms. The van der Waals surface area contributed by atoms with Crippen LogP contribution in [0.5, 0.6) is 0 Å². The van der Waals surface area contributed by atoms with Gasteiger partial charge in [0.25, 0.3) is 5.91 Å². The van der Waals surface area contributed by atoms with Gasteiger partial charge in [0.2, 0.25) is 5.91 Å². The summed E-state index contributed by atoms with van der Waals surface area (Å²) < 4.78 is 0. The molecule has 1 fully saturated rings. The molecule has 1 aliphatic carbocycles. The van der Waals surface area contributed by atoms with Crippen LogP contribution in [0, 0.1) is 0 Å². The second kappa shape index (κ2) is 5.19. The molecule has 0 unspecified atom stereocenters. The first kappa shape index (κ1) is 13.8. The molecule has 2 amide bonds. The number of carbonyl (C=O) groups excluding carboxylic acids is 2. The molecule has 1 aromatic carbocycles. The minimum absolute atomic E-state index is 0.219. The monoisotopic (exact) mass is 281 g/mol. The van der Waals surface area contributed by atoms with Gasteiger partial charge in [0.15, 0.2) is 0 Å². The molecule has 5 nitrogen and oxygen atoms in total. The van der Waals surface area contributed by atoms with Crippen molar-refractivity contribution in [1.29, 1.82) is 0 Å². The Hall–Kier alpha value is -1.59. The molecule has 4 N–H and O–H groups in total. The third-order valence-corrected chi connectivity index (χ3v) is 3.72. The Morgan fingerprint density at radius 3 is 2.58 bits per heavy atom. The Morgan fingerprint density at radius 1 is 1.37 bits per heavy atom. The Morgan fingerprint density at radius 2 is 2.05 bits per heavy atom. The molecule has 0 bridgehead atoms. The van der Waals surface area contributed by atoms with Crippen LogP contribution in [-0.2, 0) is 4.79 Å². The van der Waals surface area contributed by atoms with Crippen LogP contribution in [-0.4, -0.2) is 24.4 Å². The average Bonchev–Trinajstić information content (AvgIpc) is 2.37. The fourth-order valence-corrected chi connectivity index (χ4v) is 2.16. The van der Waals surface area contributed by atoms with Gasteiger partial charge in [-0.15, -0.1) is 0 Å². The lowest BCUT2D eigenvalue weighted by molar-refractivity contribution is -0.123. The molecule has 0 saturated heterocycles. The fraction of sp³-hybridized carbons (Fsp3) is 0.385. The van der Waals surface area contributed by atoms with Gasteiger partial charge in [-0.05, 0) is 37.5 Å². The molecular weight excluding hydrogens is 266 g/mol. The second-order valence-corrected chi connectivity index (χ2v) is 5.14. The Bertz CT molecular complexity index is 527. The van der Waals surface area contributed by atoms with E-state index in [2.05, 4.69) is 10.6 Å². The highest BCUT2D eigenvalue weighted by molar-refractivity contribution is 6.34. The van der Waals surface area contributed by atoms with Gasteiger partial charge in [-0.25, -0.2) is 0 Å². The third-order valence-electron chi connectivity index (χ3n) is 3.39. The standard InChI is InChI=1S/C13H16ClN3O2/c1-16-11(18)9-7-8(3-4-10(9)14)17-12(19)13(15)5-2-6-13/h3-4,7H,2,5-6,15H2,1H3,(H,16,18)(H,17,19). The number of anilines is 1. The zero-order chi connectivity index (χ0) is 14.0. The number of benzene rings is 1. The molecule has 1 aromatic rings. The van der Waals surface area contributed by atoms with Crippen molar-refractivity contribution < 1.29 is 9.59 Å². The van der Waals surface area contributed by atoms with E-state index in [4.69, 9.17) is 17.3 Å². The van der Waals surface area contributed by atoms with Crippen molar-refractivity contribution in [2.45, 2.75) is 24.8 Å². The van der Waals surface area contributed by atoms with Gasteiger partial charge >= 0.3 is 0 Å². The first-order valence-corrected chi connectivity index (χ1v) is 6.46. The summed E-state index contributed by atoms with van der Waals surface area (Å²) in [6.07, 6.45) is 2.34. The van der Waals surface area contributed by atoms with Crippen LogP contribution < -0.4 is 16.4 Å². The predicted octanol–water partition coefficient (Wildman–Crippen LogP) is 1.52. The zero-order valence-electron chi connectivity index (χ0n) is 10.6. The molecule has 1 saturated carbocycles. The van der Waals surface area contributed by atoms with Crippen LogP contribution in [0.4, 0.5) is 5.69 Å². The molecule has 0 aliphatic heterocycles. The van der Waals surface area contributed by atoms with E-state index in [0.29, 0.717) is 29.1 Å². The average molecular weight is 282 g/mol.